The Morgan fingerprint density at radius 1 is 1.03 bits per heavy atom. The van der Waals surface area contributed by atoms with Crippen LogP contribution in [0.2, 0.25) is 0 Å². The molecule has 2 N–H and O–H groups in total. The molecule has 0 saturated heterocycles. The molecule has 8 heteroatoms. The summed E-state index contributed by atoms with van der Waals surface area (Å²) in [5, 5.41) is 7.94. The zero-order valence-corrected chi connectivity index (χ0v) is 19.4. The Morgan fingerprint density at radius 3 is 2.27 bits per heavy atom. The van der Waals surface area contributed by atoms with E-state index in [1.807, 2.05) is 17.5 Å². The van der Waals surface area contributed by atoms with E-state index in [0.29, 0.717) is 21.6 Å². The van der Waals surface area contributed by atoms with Gasteiger partial charge in [0.2, 0.25) is 11.8 Å². The number of carbonyl (C=O) groups is 2. The summed E-state index contributed by atoms with van der Waals surface area (Å²) in [6.07, 6.45) is 2.37. The number of rotatable bonds is 6. The van der Waals surface area contributed by atoms with Crippen LogP contribution in [0.1, 0.15) is 32.4 Å². The van der Waals surface area contributed by atoms with Crippen molar-refractivity contribution in [2.75, 3.05) is 10.6 Å². The van der Waals surface area contributed by atoms with Crippen LogP contribution in [-0.2, 0) is 16.0 Å². The van der Waals surface area contributed by atoms with Gasteiger partial charge in [0, 0.05) is 29.2 Å². The van der Waals surface area contributed by atoms with Gasteiger partial charge in [-0.25, -0.2) is 4.98 Å². The third-order valence-corrected chi connectivity index (χ3v) is 6.35. The Hall–Kier alpha value is -3.78. The Bertz CT molecular complexity index is 1370. The molecule has 7 nitrogen and oxygen atoms in total. The standard InChI is InChI=1S/C25H24N4O3S/c1-4-17-5-7-18(8-6-17)21-13-33-24-22(21)25(32)29(14-26-24)15(2)23(31)28-20-11-9-19(10-12-20)27-16(3)30/h5-15H,4H2,1-3H3,(H,27,30)(H,28,31). The smallest absolute Gasteiger partial charge is 0.263 e. The van der Waals surface area contributed by atoms with Gasteiger partial charge in [0.15, 0.2) is 0 Å². The van der Waals surface area contributed by atoms with Crippen molar-refractivity contribution in [3.8, 4) is 11.1 Å². The third kappa shape index (κ3) is 4.70. The fourth-order valence-corrected chi connectivity index (χ4v) is 4.47. The molecule has 0 spiro atoms. The number of benzene rings is 2. The SMILES string of the molecule is CCc1ccc(-c2csc3ncn(C(C)C(=O)Nc4ccc(NC(C)=O)cc4)c(=O)c23)cc1. The van der Waals surface area contributed by atoms with Crippen LogP contribution in [0.15, 0.2) is 65.0 Å². The second-order valence-corrected chi connectivity index (χ2v) is 8.62. The minimum atomic E-state index is -0.764. The molecule has 0 aliphatic heterocycles. The first kappa shape index (κ1) is 22.4. The second kappa shape index (κ2) is 9.38. The van der Waals surface area contributed by atoms with Gasteiger partial charge in [-0.1, -0.05) is 31.2 Å². The number of aryl methyl sites for hydroxylation is 1. The minimum Gasteiger partial charge on any atom is -0.326 e. The van der Waals surface area contributed by atoms with Gasteiger partial charge in [-0.2, -0.15) is 0 Å². The fraction of sp³-hybridized carbons (Fsp3) is 0.200. The Morgan fingerprint density at radius 2 is 1.67 bits per heavy atom. The quantitative estimate of drug-likeness (QED) is 0.430. The van der Waals surface area contributed by atoms with Crippen LogP contribution in [0.25, 0.3) is 21.3 Å². The molecule has 2 amide bonds. The van der Waals surface area contributed by atoms with E-state index < -0.39 is 6.04 Å². The number of nitrogens with one attached hydrogen (secondary N) is 2. The molecule has 2 aromatic carbocycles. The lowest BCUT2D eigenvalue weighted by molar-refractivity contribution is -0.119. The number of thiophene rings is 1. The molecule has 168 valence electrons. The van der Waals surface area contributed by atoms with Crippen molar-refractivity contribution in [2.24, 2.45) is 0 Å². The molecule has 1 unspecified atom stereocenters. The summed E-state index contributed by atoms with van der Waals surface area (Å²) >= 11 is 1.41. The first-order valence-corrected chi connectivity index (χ1v) is 11.5. The van der Waals surface area contributed by atoms with Crippen LogP contribution in [0, 0.1) is 0 Å². The van der Waals surface area contributed by atoms with E-state index in [-0.39, 0.29) is 17.4 Å². The van der Waals surface area contributed by atoms with E-state index in [4.69, 9.17) is 0 Å². The number of hydrogen-bond acceptors (Lipinski definition) is 5. The largest absolute Gasteiger partial charge is 0.326 e. The minimum absolute atomic E-state index is 0.170. The first-order valence-electron chi connectivity index (χ1n) is 10.6. The number of hydrogen-bond donors (Lipinski definition) is 2. The number of aromatic nitrogens is 2. The summed E-state index contributed by atoms with van der Waals surface area (Å²) in [7, 11) is 0. The van der Waals surface area contributed by atoms with Crippen molar-refractivity contribution in [2.45, 2.75) is 33.2 Å². The summed E-state index contributed by atoms with van der Waals surface area (Å²) in [5.74, 6) is -0.508. The number of fused-ring (bicyclic) bond motifs is 1. The van der Waals surface area contributed by atoms with Crippen molar-refractivity contribution in [1.82, 2.24) is 9.55 Å². The van der Waals surface area contributed by atoms with Crippen molar-refractivity contribution >= 4 is 44.7 Å². The first-order chi connectivity index (χ1) is 15.9. The Balaban J connectivity index is 1.60. The van der Waals surface area contributed by atoms with Crippen molar-refractivity contribution in [3.05, 3.63) is 76.2 Å². The summed E-state index contributed by atoms with van der Waals surface area (Å²) in [4.78, 5) is 42.5. The molecule has 0 aliphatic rings. The molecular formula is C25H24N4O3S. The fourth-order valence-electron chi connectivity index (χ4n) is 3.57. The lowest BCUT2D eigenvalue weighted by atomic mass is 10.0. The van der Waals surface area contributed by atoms with Crippen LogP contribution >= 0.6 is 11.3 Å². The van der Waals surface area contributed by atoms with Gasteiger partial charge in [0.1, 0.15) is 10.9 Å². The third-order valence-electron chi connectivity index (χ3n) is 5.46. The van der Waals surface area contributed by atoms with E-state index in [1.165, 1.54) is 34.7 Å². The van der Waals surface area contributed by atoms with Crippen LogP contribution in [-0.4, -0.2) is 21.4 Å². The van der Waals surface area contributed by atoms with Crippen molar-refractivity contribution < 1.29 is 9.59 Å². The van der Waals surface area contributed by atoms with Gasteiger partial charge in [-0.15, -0.1) is 11.3 Å². The van der Waals surface area contributed by atoms with Crippen LogP contribution in [0.3, 0.4) is 0 Å². The molecule has 2 aromatic heterocycles. The van der Waals surface area contributed by atoms with Gasteiger partial charge in [0.05, 0.1) is 11.7 Å². The predicted molar refractivity (Wildman–Crippen MR) is 133 cm³/mol. The van der Waals surface area contributed by atoms with E-state index in [0.717, 1.165) is 17.5 Å². The molecule has 0 radical (unpaired) electrons. The number of carbonyl (C=O) groups excluding carboxylic acids is 2. The van der Waals surface area contributed by atoms with Gasteiger partial charge >= 0.3 is 0 Å². The lowest BCUT2D eigenvalue weighted by Crippen LogP contribution is -2.31. The zero-order valence-electron chi connectivity index (χ0n) is 18.6. The maximum atomic E-state index is 13.4. The van der Waals surface area contributed by atoms with Gasteiger partial charge in [-0.05, 0) is 48.7 Å². The summed E-state index contributed by atoms with van der Waals surface area (Å²) in [5.41, 5.74) is 3.95. The lowest BCUT2D eigenvalue weighted by Gasteiger charge is -2.15. The predicted octanol–water partition coefficient (Wildman–Crippen LogP) is 4.85. The highest BCUT2D eigenvalue weighted by Crippen LogP contribution is 2.31. The number of anilines is 2. The monoisotopic (exact) mass is 460 g/mol. The van der Waals surface area contributed by atoms with E-state index in [1.54, 1.807) is 31.2 Å². The highest BCUT2D eigenvalue weighted by atomic mass is 32.1. The van der Waals surface area contributed by atoms with Gasteiger partial charge < -0.3 is 10.6 Å². The molecule has 2 heterocycles. The number of nitrogens with zero attached hydrogens (tertiary/aromatic N) is 2. The van der Waals surface area contributed by atoms with E-state index >= 15 is 0 Å². The molecule has 4 aromatic rings. The zero-order chi connectivity index (χ0) is 23.5. The summed E-state index contributed by atoms with van der Waals surface area (Å²) in [6.45, 7) is 5.19. The summed E-state index contributed by atoms with van der Waals surface area (Å²) < 4.78 is 1.36. The van der Waals surface area contributed by atoms with Crippen molar-refractivity contribution in [3.63, 3.8) is 0 Å². The van der Waals surface area contributed by atoms with Crippen molar-refractivity contribution in [1.29, 1.82) is 0 Å². The molecular weight excluding hydrogens is 436 g/mol. The molecule has 4 rings (SSSR count). The molecule has 0 bridgehead atoms. The van der Waals surface area contributed by atoms with E-state index in [9.17, 15) is 14.4 Å². The average molecular weight is 461 g/mol. The molecule has 33 heavy (non-hydrogen) atoms. The van der Waals surface area contributed by atoms with Crippen LogP contribution in [0.4, 0.5) is 11.4 Å². The molecule has 0 saturated carbocycles. The topological polar surface area (TPSA) is 93.1 Å². The van der Waals surface area contributed by atoms with E-state index in [2.05, 4.69) is 34.7 Å². The van der Waals surface area contributed by atoms with Crippen LogP contribution < -0.4 is 16.2 Å². The van der Waals surface area contributed by atoms with Crippen LogP contribution in [0.5, 0.6) is 0 Å². The second-order valence-electron chi connectivity index (χ2n) is 7.76. The number of amides is 2. The highest BCUT2D eigenvalue weighted by molar-refractivity contribution is 7.17. The maximum absolute atomic E-state index is 13.4. The van der Waals surface area contributed by atoms with Gasteiger partial charge in [0.25, 0.3) is 5.56 Å². The highest BCUT2D eigenvalue weighted by Gasteiger charge is 2.20. The van der Waals surface area contributed by atoms with Gasteiger partial charge in [-0.3, -0.25) is 19.0 Å². The maximum Gasteiger partial charge on any atom is 0.263 e. The molecule has 0 fully saturated rings. The summed E-state index contributed by atoms with van der Waals surface area (Å²) in [6, 6.07) is 14.2. The average Bonchev–Trinajstić information content (AvgIpc) is 3.25. The normalized spacial score (nSPS) is 11.8. The Labute approximate surface area is 195 Å². The molecule has 0 aliphatic carbocycles. The Kier molecular flexibility index (Phi) is 6.37. The molecule has 1 atom stereocenters.